The zero-order chi connectivity index (χ0) is 18.3. The van der Waals surface area contributed by atoms with Gasteiger partial charge in [-0.15, -0.1) is 0 Å². The van der Waals surface area contributed by atoms with Crippen molar-refractivity contribution < 1.29 is 24.8 Å². The number of aliphatic hydroxyl groups excluding tert-OH is 3. The average Bonchev–Trinajstić information content (AvgIpc) is 3.23. The summed E-state index contributed by atoms with van der Waals surface area (Å²) in [4.78, 5) is 8.54. The van der Waals surface area contributed by atoms with E-state index in [1.165, 1.54) is 0 Å². The van der Waals surface area contributed by atoms with E-state index in [0.717, 1.165) is 11.8 Å². The molecule has 0 aliphatic carbocycles. The zero-order valence-corrected chi connectivity index (χ0v) is 14.6. The van der Waals surface area contributed by atoms with Gasteiger partial charge in [0.15, 0.2) is 0 Å². The van der Waals surface area contributed by atoms with E-state index in [0.29, 0.717) is 30.1 Å². The molecule has 2 aromatic rings. The van der Waals surface area contributed by atoms with Crippen LogP contribution in [0.3, 0.4) is 0 Å². The number of nitrogens with zero attached hydrogens (tertiary/aromatic N) is 2. The highest BCUT2D eigenvalue weighted by atomic mass is 35.5. The first-order chi connectivity index (χ1) is 12.6. The number of ether oxygens (including phenoxy) is 2. The Labute approximate surface area is 154 Å². The second-order valence-corrected chi connectivity index (χ2v) is 6.92. The van der Waals surface area contributed by atoms with Gasteiger partial charge in [-0.1, -0.05) is 6.07 Å². The minimum Gasteiger partial charge on any atom is -0.394 e. The quantitative estimate of drug-likeness (QED) is 0.570. The van der Waals surface area contributed by atoms with Crippen LogP contribution in [0.25, 0.3) is 10.9 Å². The van der Waals surface area contributed by atoms with Crippen molar-refractivity contribution in [3.05, 3.63) is 29.0 Å². The maximum Gasteiger partial charge on any atom is 0.224 e. The van der Waals surface area contributed by atoms with Gasteiger partial charge >= 0.3 is 0 Å². The summed E-state index contributed by atoms with van der Waals surface area (Å²) in [5.74, 6) is 0.628. The molecule has 0 amide bonds. The highest BCUT2D eigenvalue weighted by molar-refractivity contribution is 6.28. The Hall–Kier alpha value is -1.55. The fraction of sp³-hybridized carbons (Fsp3) is 0.529. The lowest BCUT2D eigenvalue weighted by Gasteiger charge is -2.17. The highest BCUT2D eigenvalue weighted by Crippen LogP contribution is 2.35. The van der Waals surface area contributed by atoms with E-state index in [1.54, 1.807) is 12.1 Å². The van der Waals surface area contributed by atoms with Crippen molar-refractivity contribution in [2.45, 2.75) is 36.9 Å². The minimum atomic E-state index is -1.14. The first kappa shape index (κ1) is 17.8. The fourth-order valence-corrected chi connectivity index (χ4v) is 3.60. The molecule has 5 atom stereocenters. The lowest BCUT2D eigenvalue weighted by Crippen LogP contribution is -2.32. The van der Waals surface area contributed by atoms with Crippen LogP contribution in [0, 0.1) is 0 Å². The molecule has 26 heavy (non-hydrogen) atoms. The summed E-state index contributed by atoms with van der Waals surface area (Å²) in [6.45, 7) is 0.960. The summed E-state index contributed by atoms with van der Waals surface area (Å²) >= 11 is 6.07. The van der Waals surface area contributed by atoms with Crippen LogP contribution in [-0.4, -0.2) is 69.5 Å². The van der Waals surface area contributed by atoms with Gasteiger partial charge in [0.1, 0.15) is 30.2 Å². The van der Waals surface area contributed by atoms with Gasteiger partial charge in [0.25, 0.3) is 0 Å². The Morgan fingerprint density at radius 3 is 2.77 bits per heavy atom. The Morgan fingerprint density at radius 2 is 2.08 bits per heavy atom. The van der Waals surface area contributed by atoms with Crippen LogP contribution in [0.2, 0.25) is 5.28 Å². The van der Waals surface area contributed by atoms with Gasteiger partial charge in [-0.25, -0.2) is 9.97 Å². The molecule has 9 heteroatoms. The van der Waals surface area contributed by atoms with Crippen LogP contribution >= 0.6 is 11.6 Å². The molecule has 2 aliphatic rings. The smallest absolute Gasteiger partial charge is 0.224 e. The van der Waals surface area contributed by atoms with Crippen molar-refractivity contribution in [2.75, 3.05) is 25.1 Å². The van der Waals surface area contributed by atoms with Crippen molar-refractivity contribution in [3.63, 3.8) is 0 Å². The topological polar surface area (TPSA) is 117 Å². The van der Waals surface area contributed by atoms with Crippen LogP contribution in [-0.2, 0) is 9.47 Å². The number of rotatable bonds is 4. The van der Waals surface area contributed by atoms with E-state index in [9.17, 15) is 15.3 Å². The lowest BCUT2D eigenvalue weighted by molar-refractivity contribution is -0.0227. The van der Waals surface area contributed by atoms with Crippen molar-refractivity contribution in [2.24, 2.45) is 0 Å². The van der Waals surface area contributed by atoms with Crippen molar-refractivity contribution in [1.82, 2.24) is 9.97 Å². The Bertz CT molecular complexity index is 801. The molecule has 0 bridgehead atoms. The minimum absolute atomic E-state index is 0.109. The second-order valence-electron chi connectivity index (χ2n) is 6.58. The monoisotopic (exact) mass is 381 g/mol. The summed E-state index contributed by atoms with van der Waals surface area (Å²) in [7, 11) is 0. The average molecular weight is 382 g/mol. The van der Waals surface area contributed by atoms with E-state index in [4.69, 9.17) is 21.1 Å². The number of benzene rings is 1. The highest BCUT2D eigenvalue weighted by Gasteiger charge is 2.43. The molecule has 0 radical (unpaired) electrons. The molecule has 2 fully saturated rings. The number of aromatic nitrogens is 2. The molecule has 2 saturated heterocycles. The first-order valence-corrected chi connectivity index (χ1v) is 8.88. The van der Waals surface area contributed by atoms with Crippen LogP contribution in [0.1, 0.15) is 18.1 Å². The number of halogens is 1. The second kappa shape index (κ2) is 7.22. The zero-order valence-electron chi connectivity index (χ0n) is 13.9. The summed E-state index contributed by atoms with van der Waals surface area (Å²) in [5, 5.41) is 33.6. The van der Waals surface area contributed by atoms with Crippen LogP contribution in [0.5, 0.6) is 0 Å². The van der Waals surface area contributed by atoms with Gasteiger partial charge in [-0.05, 0) is 35.7 Å². The third-order valence-corrected chi connectivity index (χ3v) is 5.00. The number of fused-ring (bicyclic) bond motifs is 1. The van der Waals surface area contributed by atoms with E-state index < -0.39 is 24.4 Å². The molecule has 8 nitrogen and oxygen atoms in total. The molecule has 3 heterocycles. The third-order valence-electron chi connectivity index (χ3n) is 4.84. The Kier molecular flexibility index (Phi) is 4.96. The number of hydrogen-bond acceptors (Lipinski definition) is 8. The van der Waals surface area contributed by atoms with Gasteiger partial charge in [-0.3, -0.25) is 0 Å². The van der Waals surface area contributed by atoms with Gasteiger partial charge in [0.2, 0.25) is 5.28 Å². The van der Waals surface area contributed by atoms with E-state index in [2.05, 4.69) is 15.3 Å². The molecule has 1 aromatic heterocycles. The summed E-state index contributed by atoms with van der Waals surface area (Å²) in [6.07, 6.45) is -2.95. The molecule has 0 spiro atoms. The first-order valence-electron chi connectivity index (χ1n) is 8.50. The Balaban J connectivity index is 1.67. The largest absolute Gasteiger partial charge is 0.394 e. The maximum atomic E-state index is 10.2. The van der Waals surface area contributed by atoms with Gasteiger partial charge < -0.3 is 30.1 Å². The van der Waals surface area contributed by atoms with Crippen molar-refractivity contribution in [3.8, 4) is 0 Å². The molecule has 4 rings (SSSR count). The molecule has 1 aromatic carbocycles. The van der Waals surface area contributed by atoms with E-state index in [1.807, 2.05) is 6.07 Å². The van der Waals surface area contributed by atoms with Crippen molar-refractivity contribution in [1.29, 1.82) is 0 Å². The SMILES string of the molecule is OC[C@H]1O[C@@H](c2ccc3c(N[C@H]4CCOC4)nc(Cl)nc3c2)[C@H](O)[C@@H]1O. The summed E-state index contributed by atoms with van der Waals surface area (Å²) in [5.41, 5.74) is 1.24. The van der Waals surface area contributed by atoms with Gasteiger partial charge in [-0.2, -0.15) is 0 Å². The maximum absolute atomic E-state index is 10.2. The standard InChI is InChI=1S/C17H20ClN3O5/c18-17-20-11-5-8(15-14(24)13(23)12(6-22)26-15)1-2-10(11)16(21-17)19-9-3-4-25-7-9/h1-2,5,9,12-15,22-24H,3-4,6-7H2,(H,19,20,21)/t9-,12+,13+,14+,15-/m0/s1. The molecule has 0 unspecified atom stereocenters. The molecule has 2 aliphatic heterocycles. The van der Waals surface area contributed by atoms with Crippen LogP contribution in [0.15, 0.2) is 18.2 Å². The predicted octanol–water partition coefficient (Wildman–Crippen LogP) is 0.638. The predicted molar refractivity (Wildman–Crippen MR) is 94.1 cm³/mol. The van der Waals surface area contributed by atoms with Gasteiger partial charge in [0, 0.05) is 12.0 Å². The summed E-state index contributed by atoms with van der Waals surface area (Å²) in [6, 6.07) is 5.54. The number of anilines is 1. The van der Waals surface area contributed by atoms with E-state index >= 15 is 0 Å². The molecular weight excluding hydrogens is 362 g/mol. The van der Waals surface area contributed by atoms with Crippen molar-refractivity contribution >= 4 is 28.3 Å². The van der Waals surface area contributed by atoms with Gasteiger partial charge in [0.05, 0.1) is 24.8 Å². The number of hydrogen-bond donors (Lipinski definition) is 4. The third kappa shape index (κ3) is 3.24. The van der Waals surface area contributed by atoms with Crippen LogP contribution in [0.4, 0.5) is 5.82 Å². The molecular formula is C17H20ClN3O5. The summed E-state index contributed by atoms with van der Waals surface area (Å²) < 4.78 is 11.0. The fourth-order valence-electron chi connectivity index (χ4n) is 3.42. The van der Waals surface area contributed by atoms with E-state index in [-0.39, 0.29) is 17.9 Å². The lowest BCUT2D eigenvalue weighted by atomic mass is 10.0. The number of aliphatic hydroxyl groups is 3. The normalized spacial score (nSPS) is 31.6. The molecule has 140 valence electrons. The Morgan fingerprint density at radius 1 is 1.23 bits per heavy atom. The number of nitrogens with one attached hydrogen (secondary N) is 1. The molecule has 4 N–H and O–H groups in total. The molecule has 0 saturated carbocycles. The van der Waals surface area contributed by atoms with Crippen LogP contribution < -0.4 is 5.32 Å².